The largest absolute Gasteiger partial charge is 0.414 e. The molecule has 4 atom stereocenters. The number of nitrogens with zero attached hydrogens (tertiary/aromatic N) is 2. The van der Waals surface area contributed by atoms with Crippen LogP contribution in [0.3, 0.4) is 0 Å². The van der Waals surface area contributed by atoms with Crippen LogP contribution >= 0.6 is 0 Å². The number of hydrogen-bond donors (Lipinski definition) is 0. The van der Waals surface area contributed by atoms with Gasteiger partial charge in [0.2, 0.25) is 0 Å². The third-order valence-electron chi connectivity index (χ3n) is 6.92. The molecule has 3 rings (SSSR count). The Morgan fingerprint density at radius 3 is 2.58 bits per heavy atom. The molecule has 2 aliphatic rings. The van der Waals surface area contributed by atoms with Gasteiger partial charge in [0.15, 0.2) is 20.8 Å². The van der Waals surface area contributed by atoms with Gasteiger partial charge in [0.1, 0.15) is 5.60 Å². The minimum atomic E-state index is -1.95. The SMILES string of the molecule is Cn1c(=O)ccn([C@@H]2O[C@H](CO[Si](C)(C)C(C)(C)C)C[C@@]2(C)OC2CCCCO2)c1=O. The normalized spacial score (nSPS) is 30.0. The summed E-state index contributed by atoms with van der Waals surface area (Å²) in [5.41, 5.74) is -1.57. The lowest BCUT2D eigenvalue weighted by atomic mass is 9.99. The van der Waals surface area contributed by atoms with Crippen molar-refractivity contribution in [2.75, 3.05) is 13.2 Å². The number of rotatable bonds is 6. The Kier molecular flexibility index (Phi) is 7.03. The van der Waals surface area contributed by atoms with Crippen LogP contribution in [0.15, 0.2) is 21.9 Å². The Bertz CT molecular complexity index is 883. The first-order valence-corrected chi connectivity index (χ1v) is 14.1. The van der Waals surface area contributed by atoms with Gasteiger partial charge in [-0.25, -0.2) is 4.79 Å². The van der Waals surface area contributed by atoms with E-state index in [9.17, 15) is 9.59 Å². The van der Waals surface area contributed by atoms with Crippen molar-refractivity contribution in [2.45, 2.75) is 95.7 Å². The monoisotopic (exact) mass is 454 g/mol. The fraction of sp³-hybridized carbons (Fsp3) is 0.818. The van der Waals surface area contributed by atoms with Crippen LogP contribution in [0.5, 0.6) is 0 Å². The summed E-state index contributed by atoms with van der Waals surface area (Å²) < 4.78 is 27.5. The summed E-state index contributed by atoms with van der Waals surface area (Å²) in [6, 6.07) is 1.38. The Morgan fingerprint density at radius 1 is 1.26 bits per heavy atom. The summed E-state index contributed by atoms with van der Waals surface area (Å²) in [6.45, 7) is 14.1. The van der Waals surface area contributed by atoms with Crippen molar-refractivity contribution in [2.24, 2.45) is 7.05 Å². The van der Waals surface area contributed by atoms with Crippen LogP contribution in [-0.2, 0) is 25.7 Å². The number of hydrogen-bond acceptors (Lipinski definition) is 6. The molecule has 8 nitrogen and oxygen atoms in total. The van der Waals surface area contributed by atoms with Gasteiger partial charge in [0, 0.05) is 32.3 Å². The zero-order valence-corrected chi connectivity index (χ0v) is 21.0. The van der Waals surface area contributed by atoms with E-state index >= 15 is 0 Å². The maximum absolute atomic E-state index is 12.8. The Balaban J connectivity index is 1.86. The zero-order chi connectivity index (χ0) is 23.0. The van der Waals surface area contributed by atoms with E-state index in [0.29, 0.717) is 19.6 Å². The van der Waals surface area contributed by atoms with E-state index in [0.717, 1.165) is 23.8 Å². The molecule has 2 saturated heterocycles. The second-order valence-electron chi connectivity index (χ2n) is 10.5. The lowest BCUT2D eigenvalue weighted by Crippen LogP contribution is -2.46. The summed E-state index contributed by atoms with van der Waals surface area (Å²) in [7, 11) is -0.480. The summed E-state index contributed by atoms with van der Waals surface area (Å²) in [5.74, 6) is 0. The van der Waals surface area contributed by atoms with Crippen molar-refractivity contribution < 1.29 is 18.6 Å². The van der Waals surface area contributed by atoms with E-state index in [1.807, 2.05) is 6.92 Å². The molecule has 0 saturated carbocycles. The van der Waals surface area contributed by atoms with Gasteiger partial charge in [-0.15, -0.1) is 0 Å². The molecule has 3 heterocycles. The van der Waals surface area contributed by atoms with Crippen LogP contribution in [-0.4, -0.2) is 48.7 Å². The Labute approximate surface area is 185 Å². The highest BCUT2D eigenvalue weighted by Gasteiger charge is 2.50. The van der Waals surface area contributed by atoms with Gasteiger partial charge in [-0.2, -0.15) is 0 Å². The van der Waals surface area contributed by atoms with Gasteiger partial charge < -0.3 is 18.6 Å². The van der Waals surface area contributed by atoms with Gasteiger partial charge in [-0.3, -0.25) is 13.9 Å². The summed E-state index contributed by atoms with van der Waals surface area (Å²) in [5, 5.41) is 0.0927. The summed E-state index contributed by atoms with van der Waals surface area (Å²) in [6.07, 6.45) is 3.73. The molecular formula is C22H38N2O6Si. The number of ether oxygens (including phenoxy) is 3. The predicted octanol–water partition coefficient (Wildman–Crippen LogP) is 3.16. The highest BCUT2D eigenvalue weighted by atomic mass is 28.4. The first-order valence-electron chi connectivity index (χ1n) is 11.2. The molecule has 0 amide bonds. The van der Waals surface area contributed by atoms with Gasteiger partial charge in [0.05, 0.1) is 12.7 Å². The minimum Gasteiger partial charge on any atom is -0.414 e. The topological polar surface area (TPSA) is 80.9 Å². The van der Waals surface area contributed by atoms with E-state index in [1.165, 1.54) is 23.9 Å². The van der Waals surface area contributed by atoms with Crippen molar-refractivity contribution in [1.82, 2.24) is 9.13 Å². The van der Waals surface area contributed by atoms with Crippen molar-refractivity contribution in [3.05, 3.63) is 33.1 Å². The molecular weight excluding hydrogens is 416 g/mol. The molecule has 0 aromatic carbocycles. The second-order valence-corrected chi connectivity index (χ2v) is 15.3. The predicted molar refractivity (Wildman–Crippen MR) is 121 cm³/mol. The third-order valence-corrected chi connectivity index (χ3v) is 11.4. The molecule has 2 aliphatic heterocycles. The quantitative estimate of drug-likeness (QED) is 0.614. The smallest absolute Gasteiger partial charge is 0.332 e. The molecule has 31 heavy (non-hydrogen) atoms. The molecule has 0 N–H and O–H groups in total. The molecule has 0 aliphatic carbocycles. The maximum atomic E-state index is 12.8. The first kappa shape index (κ1) is 24.4. The van der Waals surface area contributed by atoms with E-state index in [4.69, 9.17) is 18.6 Å². The van der Waals surface area contributed by atoms with Crippen molar-refractivity contribution in [3.8, 4) is 0 Å². The van der Waals surface area contributed by atoms with Crippen LogP contribution in [0, 0.1) is 0 Å². The first-order chi connectivity index (χ1) is 14.3. The van der Waals surface area contributed by atoms with Crippen LogP contribution in [0.25, 0.3) is 0 Å². The molecule has 0 radical (unpaired) electrons. The average Bonchev–Trinajstić information content (AvgIpc) is 3.01. The highest BCUT2D eigenvalue weighted by molar-refractivity contribution is 6.74. The molecule has 0 spiro atoms. The highest BCUT2D eigenvalue weighted by Crippen LogP contribution is 2.43. The second kappa shape index (κ2) is 8.94. The van der Waals surface area contributed by atoms with E-state index in [-0.39, 0.29) is 23.0 Å². The fourth-order valence-corrected chi connectivity index (χ4v) is 4.91. The Morgan fingerprint density at radius 2 is 1.97 bits per heavy atom. The molecule has 1 aromatic rings. The lowest BCUT2D eigenvalue weighted by molar-refractivity contribution is -0.242. The van der Waals surface area contributed by atoms with Crippen molar-refractivity contribution in [3.63, 3.8) is 0 Å². The minimum absolute atomic E-state index is 0.0927. The molecule has 0 bridgehead atoms. The fourth-order valence-electron chi connectivity index (χ4n) is 3.88. The van der Waals surface area contributed by atoms with E-state index in [2.05, 4.69) is 33.9 Å². The average molecular weight is 455 g/mol. The summed E-state index contributed by atoms with van der Waals surface area (Å²) >= 11 is 0. The molecule has 176 valence electrons. The van der Waals surface area contributed by atoms with Gasteiger partial charge in [-0.1, -0.05) is 20.8 Å². The molecule has 1 aromatic heterocycles. The van der Waals surface area contributed by atoms with Crippen molar-refractivity contribution in [1.29, 1.82) is 0 Å². The number of aromatic nitrogens is 2. The standard InChI is InChI=1S/C22H38N2O6Si/c1-21(2,3)31(6,7)28-15-16-14-22(4,30-18-10-8-9-13-27-18)19(29-16)24-12-11-17(25)23(5)20(24)26/h11-12,16,18-19H,8-10,13-15H2,1-7H3/t16-,18?,19+,22+/m0/s1. The van der Waals surface area contributed by atoms with Crippen LogP contribution in [0.4, 0.5) is 0 Å². The molecule has 2 fully saturated rings. The molecule has 9 heteroatoms. The van der Waals surface area contributed by atoms with Crippen LogP contribution < -0.4 is 11.2 Å². The van der Waals surface area contributed by atoms with Crippen LogP contribution in [0.1, 0.15) is 59.6 Å². The lowest BCUT2D eigenvalue weighted by Gasteiger charge is -2.37. The zero-order valence-electron chi connectivity index (χ0n) is 20.0. The van der Waals surface area contributed by atoms with Gasteiger partial charge in [-0.05, 0) is 44.3 Å². The van der Waals surface area contributed by atoms with Crippen molar-refractivity contribution >= 4 is 8.32 Å². The van der Waals surface area contributed by atoms with Gasteiger partial charge in [0.25, 0.3) is 5.56 Å². The van der Waals surface area contributed by atoms with E-state index in [1.54, 1.807) is 0 Å². The van der Waals surface area contributed by atoms with E-state index < -0.39 is 25.8 Å². The maximum Gasteiger partial charge on any atom is 0.332 e. The summed E-state index contributed by atoms with van der Waals surface area (Å²) in [4.78, 5) is 24.7. The van der Waals surface area contributed by atoms with Gasteiger partial charge >= 0.3 is 5.69 Å². The molecule has 1 unspecified atom stereocenters. The third kappa shape index (κ3) is 5.22. The van der Waals surface area contributed by atoms with Crippen LogP contribution in [0.2, 0.25) is 18.1 Å². The Hall–Kier alpha value is -1.26.